The number of hydrogen-bond acceptors (Lipinski definition) is 3. The van der Waals surface area contributed by atoms with Crippen LogP contribution in [0.25, 0.3) is 0 Å². The normalized spacial score (nSPS) is 17.7. The summed E-state index contributed by atoms with van der Waals surface area (Å²) >= 11 is 0. The van der Waals surface area contributed by atoms with E-state index in [0.717, 1.165) is 25.2 Å². The molecule has 1 amide bonds. The van der Waals surface area contributed by atoms with Crippen molar-refractivity contribution < 1.29 is 4.79 Å². The molecule has 20 heavy (non-hydrogen) atoms. The summed E-state index contributed by atoms with van der Waals surface area (Å²) in [4.78, 5) is 14.6. The Hall–Kier alpha value is -1.39. The van der Waals surface area contributed by atoms with Crippen LogP contribution in [-0.4, -0.2) is 36.5 Å². The van der Waals surface area contributed by atoms with Gasteiger partial charge >= 0.3 is 0 Å². The summed E-state index contributed by atoms with van der Waals surface area (Å²) in [6.07, 6.45) is 3.90. The number of likely N-dealkylation sites (tertiary alicyclic amines) is 1. The molecule has 0 aromatic heterocycles. The van der Waals surface area contributed by atoms with E-state index in [1.807, 2.05) is 24.3 Å². The van der Waals surface area contributed by atoms with Crippen molar-refractivity contribution in [3.05, 3.63) is 35.4 Å². The molecule has 1 fully saturated rings. The van der Waals surface area contributed by atoms with Crippen LogP contribution in [0.4, 0.5) is 0 Å². The van der Waals surface area contributed by atoms with E-state index in [9.17, 15) is 4.79 Å². The molecule has 0 radical (unpaired) electrons. The van der Waals surface area contributed by atoms with Crippen LogP contribution >= 0.6 is 0 Å². The Morgan fingerprint density at radius 2 is 1.90 bits per heavy atom. The van der Waals surface area contributed by atoms with E-state index in [1.54, 1.807) is 0 Å². The van der Waals surface area contributed by atoms with Crippen molar-refractivity contribution in [2.45, 2.75) is 38.8 Å². The van der Waals surface area contributed by atoms with Crippen LogP contribution in [0.2, 0.25) is 0 Å². The summed E-state index contributed by atoms with van der Waals surface area (Å²) in [6, 6.07) is 7.67. The van der Waals surface area contributed by atoms with E-state index in [0.29, 0.717) is 12.1 Å². The van der Waals surface area contributed by atoms with Crippen LogP contribution in [0.3, 0.4) is 0 Å². The highest BCUT2D eigenvalue weighted by atomic mass is 16.1. The third-order valence-electron chi connectivity index (χ3n) is 3.81. The molecule has 1 aromatic carbocycles. The van der Waals surface area contributed by atoms with E-state index in [4.69, 9.17) is 5.73 Å². The quantitative estimate of drug-likeness (QED) is 0.860. The van der Waals surface area contributed by atoms with Gasteiger partial charge in [-0.1, -0.05) is 18.6 Å². The molecule has 0 saturated carbocycles. The largest absolute Gasteiger partial charge is 0.348 e. The average molecular weight is 275 g/mol. The molecule has 3 N–H and O–H groups in total. The number of benzene rings is 1. The van der Waals surface area contributed by atoms with Crippen molar-refractivity contribution in [3.8, 4) is 0 Å². The van der Waals surface area contributed by atoms with Gasteiger partial charge in [-0.25, -0.2) is 0 Å². The van der Waals surface area contributed by atoms with Gasteiger partial charge in [0, 0.05) is 24.7 Å². The smallest absolute Gasteiger partial charge is 0.251 e. The van der Waals surface area contributed by atoms with Gasteiger partial charge in [-0.05, 0) is 50.6 Å². The Kier molecular flexibility index (Phi) is 5.56. The van der Waals surface area contributed by atoms with Gasteiger partial charge in [-0.3, -0.25) is 4.79 Å². The van der Waals surface area contributed by atoms with Gasteiger partial charge in [0.1, 0.15) is 0 Å². The molecular weight excluding hydrogens is 250 g/mol. The highest BCUT2D eigenvalue weighted by Gasteiger charge is 2.15. The molecule has 1 aliphatic rings. The number of rotatable bonds is 5. The molecule has 4 nitrogen and oxygen atoms in total. The fourth-order valence-electron chi connectivity index (χ4n) is 2.67. The van der Waals surface area contributed by atoms with Gasteiger partial charge in [0.05, 0.1) is 0 Å². The second kappa shape index (κ2) is 7.41. The van der Waals surface area contributed by atoms with Gasteiger partial charge < -0.3 is 16.0 Å². The first-order valence-electron chi connectivity index (χ1n) is 7.51. The van der Waals surface area contributed by atoms with Crippen LogP contribution in [0.1, 0.15) is 42.1 Å². The Morgan fingerprint density at radius 3 is 2.50 bits per heavy atom. The monoisotopic (exact) mass is 275 g/mol. The maximum absolute atomic E-state index is 12.1. The van der Waals surface area contributed by atoms with Crippen molar-refractivity contribution in [1.82, 2.24) is 10.2 Å². The minimum atomic E-state index is -0.00178. The number of piperidine rings is 1. The van der Waals surface area contributed by atoms with E-state index in [2.05, 4.69) is 17.1 Å². The minimum absolute atomic E-state index is 0.00178. The lowest BCUT2D eigenvalue weighted by atomic mass is 10.1. The molecule has 1 atom stereocenters. The van der Waals surface area contributed by atoms with Crippen LogP contribution < -0.4 is 11.1 Å². The summed E-state index contributed by atoms with van der Waals surface area (Å²) in [5, 5.41) is 3.07. The first-order chi connectivity index (χ1) is 9.69. The predicted molar refractivity (Wildman–Crippen MR) is 81.6 cm³/mol. The molecule has 1 aliphatic heterocycles. The summed E-state index contributed by atoms with van der Waals surface area (Å²) in [6.45, 7) is 5.83. The molecular formula is C16H25N3O. The zero-order chi connectivity index (χ0) is 14.4. The topological polar surface area (TPSA) is 58.4 Å². The van der Waals surface area contributed by atoms with Crippen molar-refractivity contribution in [2.24, 2.45) is 5.73 Å². The number of hydrogen-bond donors (Lipinski definition) is 2. The minimum Gasteiger partial charge on any atom is -0.348 e. The Bertz CT molecular complexity index is 424. The molecule has 4 heteroatoms. The van der Waals surface area contributed by atoms with Crippen molar-refractivity contribution in [2.75, 3.05) is 19.6 Å². The van der Waals surface area contributed by atoms with Crippen molar-refractivity contribution in [3.63, 3.8) is 0 Å². The van der Waals surface area contributed by atoms with Gasteiger partial charge in [0.25, 0.3) is 5.91 Å². The van der Waals surface area contributed by atoms with Crippen LogP contribution in [0.15, 0.2) is 24.3 Å². The van der Waals surface area contributed by atoms with Crippen molar-refractivity contribution in [1.29, 1.82) is 0 Å². The molecule has 2 rings (SSSR count). The van der Waals surface area contributed by atoms with E-state index in [1.165, 1.54) is 19.3 Å². The first kappa shape index (κ1) is 15.0. The third-order valence-corrected chi connectivity index (χ3v) is 3.81. The van der Waals surface area contributed by atoms with Crippen molar-refractivity contribution >= 4 is 5.91 Å². The third kappa shape index (κ3) is 4.32. The molecule has 1 saturated heterocycles. The zero-order valence-electron chi connectivity index (χ0n) is 12.3. The zero-order valence-corrected chi connectivity index (χ0v) is 12.3. The fourth-order valence-corrected chi connectivity index (χ4v) is 2.67. The standard InChI is InChI=1S/C16H25N3O/c1-13(12-19-9-3-2-4-10-19)18-16(20)15-7-5-14(11-17)6-8-15/h5-8,13H,2-4,9-12,17H2,1H3,(H,18,20). The second-order valence-electron chi connectivity index (χ2n) is 5.64. The molecule has 0 bridgehead atoms. The average Bonchev–Trinajstić information content (AvgIpc) is 2.48. The highest BCUT2D eigenvalue weighted by molar-refractivity contribution is 5.94. The van der Waals surface area contributed by atoms with Gasteiger partial charge in [0.2, 0.25) is 0 Å². The number of nitrogens with two attached hydrogens (primary N) is 1. The molecule has 1 heterocycles. The molecule has 110 valence electrons. The maximum Gasteiger partial charge on any atom is 0.251 e. The number of nitrogens with zero attached hydrogens (tertiary/aromatic N) is 1. The number of carbonyl (C=O) groups is 1. The van der Waals surface area contributed by atoms with E-state index < -0.39 is 0 Å². The van der Waals surface area contributed by atoms with Gasteiger partial charge in [-0.2, -0.15) is 0 Å². The van der Waals surface area contributed by atoms with Crippen LogP contribution in [-0.2, 0) is 6.54 Å². The molecule has 1 aromatic rings. The van der Waals surface area contributed by atoms with Crippen LogP contribution in [0, 0.1) is 0 Å². The SMILES string of the molecule is CC(CN1CCCCC1)NC(=O)c1ccc(CN)cc1. The fraction of sp³-hybridized carbons (Fsp3) is 0.562. The number of nitrogens with one attached hydrogen (secondary N) is 1. The van der Waals surface area contributed by atoms with E-state index in [-0.39, 0.29) is 11.9 Å². The molecule has 1 unspecified atom stereocenters. The van der Waals surface area contributed by atoms with Gasteiger partial charge in [-0.15, -0.1) is 0 Å². The lowest BCUT2D eigenvalue weighted by Gasteiger charge is -2.29. The maximum atomic E-state index is 12.1. The number of amides is 1. The van der Waals surface area contributed by atoms with Gasteiger partial charge in [0.15, 0.2) is 0 Å². The summed E-state index contributed by atoms with van der Waals surface area (Å²) < 4.78 is 0. The Morgan fingerprint density at radius 1 is 1.25 bits per heavy atom. The number of carbonyl (C=O) groups excluding carboxylic acids is 1. The molecule has 0 aliphatic carbocycles. The highest BCUT2D eigenvalue weighted by Crippen LogP contribution is 2.09. The van der Waals surface area contributed by atoms with Crippen LogP contribution in [0.5, 0.6) is 0 Å². The van der Waals surface area contributed by atoms with E-state index >= 15 is 0 Å². The first-order valence-corrected chi connectivity index (χ1v) is 7.51. The summed E-state index contributed by atoms with van der Waals surface area (Å²) in [5.74, 6) is -0.00178. The lowest BCUT2D eigenvalue weighted by molar-refractivity contribution is 0.0925. The molecule has 0 spiro atoms. The predicted octanol–water partition coefficient (Wildman–Crippen LogP) is 1.75. The lowest BCUT2D eigenvalue weighted by Crippen LogP contribution is -2.43. The Labute approximate surface area is 121 Å². The Balaban J connectivity index is 1.82. The summed E-state index contributed by atoms with van der Waals surface area (Å²) in [5.41, 5.74) is 7.30. The second-order valence-corrected chi connectivity index (χ2v) is 5.64. The summed E-state index contributed by atoms with van der Waals surface area (Å²) in [7, 11) is 0.